The molecule has 15 heteroatoms. The highest BCUT2D eigenvalue weighted by atomic mass is 16.7. The van der Waals surface area contributed by atoms with E-state index in [0.29, 0.717) is 45.3 Å². The van der Waals surface area contributed by atoms with Gasteiger partial charge in [-0.2, -0.15) is 0 Å². The number of nitrogens with zero attached hydrogens (tertiary/aromatic N) is 3. The number of cyclic esters (lactones) is 2. The number of aromatic nitrogens is 2. The van der Waals surface area contributed by atoms with Crippen LogP contribution in [0.5, 0.6) is 28.7 Å². The number of pyridine rings is 2. The topological polar surface area (TPSA) is 189 Å². The molecule has 5 aliphatic rings. The maximum absolute atomic E-state index is 14.0. The third-order valence-corrected chi connectivity index (χ3v) is 13.2. The Labute approximate surface area is 359 Å². The number of para-hydroxylation sites is 3. The Morgan fingerprint density at radius 2 is 1.65 bits per heavy atom. The summed E-state index contributed by atoms with van der Waals surface area (Å²) in [7, 11) is 2.92. The molecule has 0 spiro atoms. The average Bonchev–Trinajstić information content (AvgIpc) is 4.03. The lowest BCUT2D eigenvalue weighted by Gasteiger charge is -2.40. The van der Waals surface area contributed by atoms with Gasteiger partial charge in [0.1, 0.15) is 6.61 Å². The Balaban J connectivity index is 1.01. The second kappa shape index (κ2) is 14.3. The van der Waals surface area contributed by atoms with Gasteiger partial charge in [-0.15, -0.1) is 0 Å². The molecule has 63 heavy (non-hydrogen) atoms. The number of aliphatic imine (C=N–C) groups is 1. The number of aromatic hydroxyl groups is 1. The largest absolute Gasteiger partial charge is 0.502 e. The molecule has 0 saturated carbocycles. The summed E-state index contributed by atoms with van der Waals surface area (Å²) in [5.41, 5.74) is 5.15. The number of phenolic OH excluding ortho intramolecular Hbond substituents is 1. The molecule has 0 amide bonds. The summed E-state index contributed by atoms with van der Waals surface area (Å²) in [5.74, 6) is -1.24. The number of esters is 2. The van der Waals surface area contributed by atoms with Crippen LogP contribution in [-0.2, 0) is 37.8 Å². The molecular formula is C48H40N4O11. The number of benzene rings is 4. The van der Waals surface area contributed by atoms with Crippen molar-refractivity contribution < 1.29 is 48.2 Å². The van der Waals surface area contributed by atoms with Crippen LogP contribution in [0.15, 0.2) is 88.6 Å². The van der Waals surface area contributed by atoms with E-state index >= 15 is 0 Å². The van der Waals surface area contributed by atoms with E-state index in [9.17, 15) is 24.6 Å². The smallest absolute Gasteiger partial charge is 0.343 e. The van der Waals surface area contributed by atoms with E-state index in [4.69, 9.17) is 38.4 Å². The molecule has 0 radical (unpaired) electrons. The predicted octanol–water partition coefficient (Wildman–Crippen LogP) is 6.37. The first-order chi connectivity index (χ1) is 30.6. The van der Waals surface area contributed by atoms with Crippen LogP contribution in [0.1, 0.15) is 64.2 Å². The summed E-state index contributed by atoms with van der Waals surface area (Å²) in [4.78, 5) is 50.8. The van der Waals surface area contributed by atoms with E-state index in [1.54, 1.807) is 35.9 Å². The molecule has 6 aromatic rings. The Hall–Kier alpha value is -7.39. The van der Waals surface area contributed by atoms with Gasteiger partial charge in [-0.3, -0.25) is 14.6 Å². The summed E-state index contributed by atoms with van der Waals surface area (Å²) in [5, 5.41) is 26.8. The maximum Gasteiger partial charge on any atom is 0.343 e. The van der Waals surface area contributed by atoms with Crippen molar-refractivity contribution in [2.45, 2.75) is 44.1 Å². The highest BCUT2D eigenvalue weighted by molar-refractivity contribution is 6.03. The van der Waals surface area contributed by atoms with Crippen LogP contribution in [0.2, 0.25) is 0 Å². The van der Waals surface area contributed by atoms with Gasteiger partial charge >= 0.3 is 11.9 Å². The third kappa shape index (κ3) is 5.72. The lowest BCUT2D eigenvalue weighted by atomic mass is 9.65. The van der Waals surface area contributed by atoms with Gasteiger partial charge in [0, 0.05) is 40.1 Å². The third-order valence-electron chi connectivity index (χ3n) is 13.2. The highest BCUT2D eigenvalue weighted by Gasteiger charge is 2.53. The number of fused-ring (bicyclic) bond motifs is 8. The van der Waals surface area contributed by atoms with Crippen molar-refractivity contribution in [2.24, 2.45) is 16.8 Å². The first-order valence-corrected chi connectivity index (χ1v) is 20.6. The normalized spacial score (nSPS) is 22.5. The lowest BCUT2D eigenvalue weighted by molar-refractivity contribution is -0.172. The van der Waals surface area contributed by atoms with Crippen molar-refractivity contribution in [1.82, 2.24) is 9.55 Å². The molecule has 318 valence electrons. The lowest BCUT2D eigenvalue weighted by Crippen LogP contribution is -2.44. The highest BCUT2D eigenvalue weighted by Crippen LogP contribution is 2.56. The fourth-order valence-corrected chi connectivity index (χ4v) is 10.1. The minimum atomic E-state index is -1.95. The number of hydrogen-bond acceptors (Lipinski definition) is 14. The Morgan fingerprint density at radius 3 is 2.41 bits per heavy atom. The molecule has 11 rings (SSSR count). The predicted molar refractivity (Wildman–Crippen MR) is 228 cm³/mol. The van der Waals surface area contributed by atoms with E-state index in [1.807, 2.05) is 60.7 Å². The molecule has 0 bridgehead atoms. The molecule has 2 aromatic heterocycles. The van der Waals surface area contributed by atoms with E-state index in [0.717, 1.165) is 27.6 Å². The molecule has 1 unspecified atom stereocenters. The van der Waals surface area contributed by atoms with Gasteiger partial charge in [0.05, 0.1) is 73.2 Å². The van der Waals surface area contributed by atoms with Crippen LogP contribution in [-0.4, -0.2) is 65.5 Å². The summed E-state index contributed by atoms with van der Waals surface area (Å²) in [6.07, 6.45) is 1.82. The molecular weight excluding hydrogens is 809 g/mol. The van der Waals surface area contributed by atoms with E-state index < -0.39 is 29.4 Å². The van der Waals surface area contributed by atoms with Gasteiger partial charge in [-0.05, 0) is 71.6 Å². The quantitative estimate of drug-likeness (QED) is 0.113. The van der Waals surface area contributed by atoms with Crippen molar-refractivity contribution in [2.75, 3.05) is 32.9 Å². The van der Waals surface area contributed by atoms with Crippen LogP contribution >= 0.6 is 0 Å². The van der Waals surface area contributed by atoms with Gasteiger partial charge in [0.2, 0.25) is 12.5 Å². The summed E-state index contributed by atoms with van der Waals surface area (Å²) in [6.45, 7) is 1.85. The zero-order valence-electron chi connectivity index (χ0n) is 34.3. The number of methoxy groups -OCH3 is 2. The van der Waals surface area contributed by atoms with Crippen LogP contribution in [0.25, 0.3) is 22.3 Å². The van der Waals surface area contributed by atoms with Crippen LogP contribution in [0.3, 0.4) is 0 Å². The molecule has 5 atom stereocenters. The van der Waals surface area contributed by atoms with Crippen molar-refractivity contribution >= 4 is 40.4 Å². The molecule has 4 aromatic carbocycles. The number of hydrogen-bond donors (Lipinski definition) is 3. The first-order valence-electron chi connectivity index (χ1n) is 20.6. The van der Waals surface area contributed by atoms with Crippen molar-refractivity contribution in [3.8, 4) is 40.1 Å². The number of ether oxygens (including phenoxy) is 6. The van der Waals surface area contributed by atoms with Gasteiger partial charge in [-0.25, -0.2) is 9.78 Å². The molecule has 15 nitrogen and oxygen atoms in total. The SMILES string of the molecule is CC[C@@]1(O)C(=O)OCc2c1cc1n(c2=O)Cc2c-1nc1ccccc1c2C=Nc1ccccc1NC1c2cc3c(cc2[C@@H](c2cc(OC)c(O)c(OC)c2)[C@H]2C(=O)OC[C@H]12)OCO3. The maximum atomic E-state index is 14.0. The Morgan fingerprint density at radius 1 is 0.921 bits per heavy atom. The van der Waals surface area contributed by atoms with Crippen LogP contribution in [0, 0.1) is 11.8 Å². The fourth-order valence-electron chi connectivity index (χ4n) is 10.1. The number of phenols is 1. The summed E-state index contributed by atoms with van der Waals surface area (Å²) < 4.78 is 35.6. The van der Waals surface area contributed by atoms with Gasteiger partial charge < -0.3 is 48.5 Å². The van der Waals surface area contributed by atoms with Crippen LogP contribution in [0.4, 0.5) is 11.4 Å². The molecule has 1 aliphatic carbocycles. The van der Waals surface area contributed by atoms with Crippen molar-refractivity contribution in [3.05, 3.63) is 128 Å². The second-order valence-corrected chi connectivity index (χ2v) is 16.3. The minimum absolute atomic E-state index is 0.0378. The second-order valence-electron chi connectivity index (χ2n) is 16.3. The van der Waals surface area contributed by atoms with Gasteiger partial charge in [-0.1, -0.05) is 37.3 Å². The molecule has 1 fully saturated rings. The van der Waals surface area contributed by atoms with Crippen molar-refractivity contribution in [1.29, 1.82) is 0 Å². The Bertz CT molecular complexity index is 3030. The van der Waals surface area contributed by atoms with E-state index in [-0.39, 0.29) is 78.8 Å². The zero-order valence-corrected chi connectivity index (χ0v) is 34.3. The molecule has 1 saturated heterocycles. The average molecular weight is 849 g/mol. The molecule has 3 N–H and O–H groups in total. The fraction of sp³-hybridized carbons (Fsp3) is 0.271. The zero-order chi connectivity index (χ0) is 43.3. The minimum Gasteiger partial charge on any atom is -0.502 e. The van der Waals surface area contributed by atoms with E-state index in [1.165, 1.54) is 14.2 Å². The Kier molecular flexibility index (Phi) is 8.77. The summed E-state index contributed by atoms with van der Waals surface area (Å²) >= 11 is 0. The first kappa shape index (κ1) is 38.5. The number of rotatable bonds is 8. The van der Waals surface area contributed by atoms with Crippen molar-refractivity contribution in [3.63, 3.8) is 0 Å². The summed E-state index contributed by atoms with van der Waals surface area (Å²) in [6, 6.07) is 23.9. The molecule has 6 heterocycles. The van der Waals surface area contributed by atoms with Crippen LogP contribution < -0.4 is 29.8 Å². The van der Waals surface area contributed by atoms with E-state index in [2.05, 4.69) is 5.32 Å². The van der Waals surface area contributed by atoms with Gasteiger partial charge in [0.15, 0.2) is 28.6 Å². The standard InChI is InChI=1S/C48H40N4O11/c1-4-48(57)31-17-35-43-28(19-52(35)45(54)29(31)20-61-47(48)56)27(24-9-5-6-10-32(24)50-43)18-49-33-11-7-8-12-34(33)51-42-26-16-37-36(62-22-63-37)15-25(26)40(41-30(42)21-60-46(41)55)23-13-38(58-2)44(53)39(14-23)59-3/h5-18,30,40-42,51,53,57H,4,19-22H2,1-3H3/t30-,40+,41-,42?,48-/m0/s1. The number of nitrogens with one attached hydrogen (secondary N) is 1. The number of carbonyl (C=O) groups is 2. The number of anilines is 1. The monoisotopic (exact) mass is 848 g/mol. The molecule has 4 aliphatic heterocycles. The number of aliphatic hydroxyl groups is 1. The number of carbonyl (C=O) groups excluding carboxylic acids is 2. The van der Waals surface area contributed by atoms with Gasteiger partial charge in [0.25, 0.3) is 5.56 Å².